The molecule has 0 radical (unpaired) electrons. The number of amides is 2. The number of rotatable bonds is 18. The highest BCUT2D eigenvalue weighted by atomic mass is 32.2. The van der Waals surface area contributed by atoms with Crippen molar-refractivity contribution >= 4 is 34.5 Å². The van der Waals surface area contributed by atoms with Gasteiger partial charge in [-0.3, -0.25) is 19.0 Å². The lowest BCUT2D eigenvalue weighted by molar-refractivity contribution is -0.121. The Morgan fingerprint density at radius 2 is 1.70 bits per heavy atom. The van der Waals surface area contributed by atoms with E-state index in [1.165, 1.54) is 11.8 Å². The zero-order valence-electron chi connectivity index (χ0n) is 25.4. The molecule has 2 heterocycles. The molecule has 0 spiro atoms. The Hall–Kier alpha value is -3.97. The summed E-state index contributed by atoms with van der Waals surface area (Å²) in [4.78, 5) is 43.1. The zero-order valence-corrected chi connectivity index (χ0v) is 26.3. The van der Waals surface area contributed by atoms with Crippen molar-refractivity contribution in [3.63, 3.8) is 0 Å². The van der Waals surface area contributed by atoms with E-state index in [0.29, 0.717) is 91.0 Å². The van der Waals surface area contributed by atoms with Gasteiger partial charge >= 0.3 is 0 Å². The molecule has 0 atom stereocenters. The molecule has 0 saturated carbocycles. The molecule has 44 heavy (non-hydrogen) atoms. The average molecular weight is 629 g/mol. The molecular formula is C31H40N4O8S. The Labute approximate surface area is 260 Å². The van der Waals surface area contributed by atoms with E-state index in [1.54, 1.807) is 38.0 Å². The Balaban J connectivity index is 1.29. The lowest BCUT2D eigenvalue weighted by Gasteiger charge is -2.14. The van der Waals surface area contributed by atoms with Crippen LogP contribution in [0.4, 0.5) is 0 Å². The molecule has 0 bridgehead atoms. The van der Waals surface area contributed by atoms with Crippen molar-refractivity contribution in [2.45, 2.75) is 50.2 Å². The van der Waals surface area contributed by atoms with Crippen LogP contribution in [0.3, 0.4) is 0 Å². The summed E-state index contributed by atoms with van der Waals surface area (Å²) in [5.74, 6) is 2.34. The van der Waals surface area contributed by atoms with Crippen LogP contribution in [0.2, 0.25) is 0 Å². The largest absolute Gasteiger partial charge is 0.493 e. The second-order valence-electron chi connectivity index (χ2n) is 10.2. The molecule has 1 aliphatic rings. The Kier molecular flexibility index (Phi) is 12.5. The van der Waals surface area contributed by atoms with Crippen molar-refractivity contribution in [2.75, 3.05) is 53.6 Å². The molecule has 4 rings (SSSR count). The van der Waals surface area contributed by atoms with Crippen molar-refractivity contribution in [1.82, 2.24) is 20.2 Å². The van der Waals surface area contributed by atoms with Crippen LogP contribution < -0.4 is 35.1 Å². The lowest BCUT2D eigenvalue weighted by atomic mass is 10.1. The predicted molar refractivity (Wildman–Crippen MR) is 167 cm³/mol. The summed E-state index contributed by atoms with van der Waals surface area (Å²) in [7, 11) is 4.81. The molecule has 2 aromatic carbocycles. The number of hydrogen-bond acceptors (Lipinski definition) is 10. The van der Waals surface area contributed by atoms with E-state index >= 15 is 0 Å². The second kappa shape index (κ2) is 16.8. The molecule has 13 heteroatoms. The van der Waals surface area contributed by atoms with Crippen LogP contribution in [-0.4, -0.2) is 74.9 Å². The summed E-state index contributed by atoms with van der Waals surface area (Å²) in [6, 6.07) is 9.07. The van der Waals surface area contributed by atoms with E-state index in [-0.39, 0.29) is 29.9 Å². The normalized spacial score (nSPS) is 11.9. The molecule has 1 aromatic heterocycles. The molecule has 12 nitrogen and oxygen atoms in total. The van der Waals surface area contributed by atoms with Crippen LogP contribution in [0.5, 0.6) is 23.0 Å². The molecule has 0 fully saturated rings. The number of nitrogens with one attached hydrogen (secondary N) is 2. The lowest BCUT2D eigenvalue weighted by Crippen LogP contribution is -2.28. The number of fused-ring (bicyclic) bond motifs is 2. The number of unbranched alkanes of at least 4 members (excludes halogenated alkanes) is 2. The van der Waals surface area contributed by atoms with Gasteiger partial charge < -0.3 is 34.3 Å². The summed E-state index contributed by atoms with van der Waals surface area (Å²) >= 11 is 1.22. The van der Waals surface area contributed by atoms with Crippen molar-refractivity contribution in [2.24, 2.45) is 0 Å². The second-order valence-corrected chi connectivity index (χ2v) is 11.1. The zero-order chi connectivity index (χ0) is 31.3. The van der Waals surface area contributed by atoms with E-state index in [2.05, 4.69) is 10.6 Å². The summed E-state index contributed by atoms with van der Waals surface area (Å²) in [6.45, 7) is 2.10. The van der Waals surface area contributed by atoms with E-state index in [1.807, 2.05) is 18.2 Å². The van der Waals surface area contributed by atoms with Gasteiger partial charge in [0.25, 0.3) is 5.56 Å². The first-order valence-corrected chi connectivity index (χ1v) is 15.6. The van der Waals surface area contributed by atoms with Crippen LogP contribution in [-0.2, 0) is 27.3 Å². The number of ether oxygens (including phenoxy) is 5. The van der Waals surface area contributed by atoms with Gasteiger partial charge in [0, 0.05) is 45.8 Å². The van der Waals surface area contributed by atoms with Gasteiger partial charge in [0.2, 0.25) is 18.6 Å². The summed E-state index contributed by atoms with van der Waals surface area (Å²) in [6.07, 6.45) is 3.89. The summed E-state index contributed by atoms with van der Waals surface area (Å²) in [5.41, 5.74) is 1.33. The van der Waals surface area contributed by atoms with Gasteiger partial charge in [-0.05, 0) is 49.4 Å². The van der Waals surface area contributed by atoms with Crippen LogP contribution in [0.25, 0.3) is 10.9 Å². The van der Waals surface area contributed by atoms with Gasteiger partial charge in [-0.2, -0.15) is 0 Å². The van der Waals surface area contributed by atoms with E-state index in [4.69, 9.17) is 28.7 Å². The van der Waals surface area contributed by atoms with Crippen LogP contribution in [0.15, 0.2) is 40.3 Å². The number of nitrogens with zero attached hydrogens (tertiary/aromatic N) is 2. The summed E-state index contributed by atoms with van der Waals surface area (Å²) in [5, 5.41) is 6.71. The van der Waals surface area contributed by atoms with Gasteiger partial charge in [-0.15, -0.1) is 0 Å². The summed E-state index contributed by atoms with van der Waals surface area (Å²) < 4.78 is 28.2. The quantitative estimate of drug-likeness (QED) is 0.123. The fourth-order valence-corrected chi connectivity index (χ4v) is 5.58. The van der Waals surface area contributed by atoms with Gasteiger partial charge in [-0.1, -0.05) is 24.2 Å². The minimum Gasteiger partial charge on any atom is -0.493 e. The molecule has 0 aliphatic carbocycles. The van der Waals surface area contributed by atoms with Gasteiger partial charge in [0.1, 0.15) is 0 Å². The molecule has 2 N–H and O–H groups in total. The molecule has 1 aliphatic heterocycles. The van der Waals surface area contributed by atoms with Gasteiger partial charge in [0.15, 0.2) is 28.2 Å². The number of carbonyl (C=O) groups is 2. The smallest absolute Gasteiger partial charge is 0.262 e. The Morgan fingerprint density at radius 1 is 0.932 bits per heavy atom. The number of thioether (sulfide) groups is 1. The molecule has 0 saturated heterocycles. The molecular weight excluding hydrogens is 588 g/mol. The molecule has 0 unspecified atom stereocenters. The van der Waals surface area contributed by atoms with Crippen LogP contribution >= 0.6 is 11.8 Å². The van der Waals surface area contributed by atoms with E-state index in [9.17, 15) is 14.4 Å². The van der Waals surface area contributed by atoms with Crippen molar-refractivity contribution in [1.29, 1.82) is 0 Å². The van der Waals surface area contributed by atoms with Crippen molar-refractivity contribution in [3.8, 4) is 23.0 Å². The van der Waals surface area contributed by atoms with Gasteiger partial charge in [-0.25, -0.2) is 4.98 Å². The number of methoxy groups -OCH3 is 3. The molecule has 2 amide bonds. The van der Waals surface area contributed by atoms with Crippen molar-refractivity contribution in [3.05, 3.63) is 46.2 Å². The first-order chi connectivity index (χ1) is 21.4. The SMILES string of the molecule is COCCCNC(=O)CSc1nc2cc3c(cc2c(=O)n1CCCCCC(=O)NCCc1ccc(OC)c(OC)c1)OCO3. The number of hydrogen-bond donors (Lipinski definition) is 2. The topological polar surface area (TPSA) is 139 Å². The molecule has 238 valence electrons. The maximum absolute atomic E-state index is 13.5. The predicted octanol–water partition coefficient (Wildman–Crippen LogP) is 3.31. The third kappa shape index (κ3) is 9.02. The highest BCUT2D eigenvalue weighted by molar-refractivity contribution is 7.99. The maximum atomic E-state index is 13.5. The minimum atomic E-state index is -0.204. The average Bonchev–Trinajstić information content (AvgIpc) is 3.49. The highest BCUT2D eigenvalue weighted by Crippen LogP contribution is 2.35. The minimum absolute atomic E-state index is 0.0150. The van der Waals surface area contributed by atoms with E-state index in [0.717, 1.165) is 18.4 Å². The van der Waals surface area contributed by atoms with E-state index < -0.39 is 0 Å². The maximum Gasteiger partial charge on any atom is 0.262 e. The molecule has 3 aromatic rings. The monoisotopic (exact) mass is 628 g/mol. The number of benzene rings is 2. The Morgan fingerprint density at radius 3 is 2.48 bits per heavy atom. The third-order valence-electron chi connectivity index (χ3n) is 7.06. The highest BCUT2D eigenvalue weighted by Gasteiger charge is 2.19. The first kappa shape index (κ1) is 32.9. The standard InChI is InChI=1S/C31H40N4O8S/c1-39-15-7-12-32-29(37)19-44-31-34-23-18-27-26(42-20-43-27)17-22(23)30(38)35(31)14-6-4-5-8-28(36)33-13-11-21-9-10-24(40-2)25(16-21)41-3/h9-10,16-18H,4-8,11-15,19-20H2,1-3H3,(H,32,37)(H,33,36). The number of aromatic nitrogens is 2. The fourth-order valence-electron chi connectivity index (χ4n) is 4.73. The fraction of sp³-hybridized carbons (Fsp3) is 0.484. The van der Waals surface area contributed by atoms with Crippen LogP contribution in [0, 0.1) is 0 Å². The Bertz CT molecular complexity index is 1500. The number of carbonyl (C=O) groups excluding carboxylic acids is 2. The van der Waals surface area contributed by atoms with Crippen LogP contribution in [0.1, 0.15) is 37.7 Å². The van der Waals surface area contributed by atoms with Gasteiger partial charge in [0.05, 0.1) is 30.9 Å². The van der Waals surface area contributed by atoms with Crippen molar-refractivity contribution < 1.29 is 33.3 Å². The first-order valence-electron chi connectivity index (χ1n) is 14.6. The third-order valence-corrected chi connectivity index (χ3v) is 8.04.